The maximum absolute atomic E-state index is 13.4. The number of nitrogens with zero attached hydrogens (tertiary/aromatic N) is 5. The van der Waals surface area contributed by atoms with E-state index in [4.69, 9.17) is 0 Å². The van der Waals surface area contributed by atoms with Crippen molar-refractivity contribution in [1.29, 1.82) is 0 Å². The lowest BCUT2D eigenvalue weighted by Gasteiger charge is -2.16. The van der Waals surface area contributed by atoms with Gasteiger partial charge in [-0.25, -0.2) is 23.7 Å². The first kappa shape index (κ1) is 20.8. The van der Waals surface area contributed by atoms with Gasteiger partial charge in [0.25, 0.3) is 17.8 Å². The van der Waals surface area contributed by atoms with Crippen LogP contribution in [-0.4, -0.2) is 36.6 Å². The lowest BCUT2D eigenvalue weighted by molar-refractivity contribution is -0.137. The van der Waals surface area contributed by atoms with E-state index in [0.717, 1.165) is 6.07 Å². The summed E-state index contributed by atoms with van der Waals surface area (Å²) in [7, 11) is 0. The molecule has 4 rings (SSSR count). The minimum atomic E-state index is -4.79. The molecule has 2 heterocycles. The van der Waals surface area contributed by atoms with E-state index in [0.29, 0.717) is 12.1 Å². The molecule has 0 bridgehead atoms. The number of carbonyl (C=O) groups excluding carboxylic acids is 1. The fourth-order valence-corrected chi connectivity index (χ4v) is 3.17. The molecule has 0 radical (unpaired) electrons. The van der Waals surface area contributed by atoms with E-state index in [1.165, 1.54) is 23.4 Å². The first-order valence-corrected chi connectivity index (χ1v) is 9.14. The summed E-state index contributed by atoms with van der Waals surface area (Å²) in [5.74, 6) is -4.85. The van der Waals surface area contributed by atoms with E-state index >= 15 is 0 Å². The van der Waals surface area contributed by atoms with Crippen LogP contribution in [0.1, 0.15) is 52.6 Å². The van der Waals surface area contributed by atoms with Crippen molar-refractivity contribution in [3.63, 3.8) is 0 Å². The lowest BCUT2D eigenvalue weighted by atomic mass is 10.0. The second-order valence-electron chi connectivity index (χ2n) is 7.13. The molecule has 1 amide bonds. The van der Waals surface area contributed by atoms with Gasteiger partial charge >= 0.3 is 6.18 Å². The molecule has 162 valence electrons. The molecule has 1 fully saturated rings. The van der Waals surface area contributed by atoms with Crippen LogP contribution in [0.5, 0.6) is 0 Å². The fourth-order valence-electron chi connectivity index (χ4n) is 3.17. The number of carbonyl (C=O) groups is 1. The number of hydrogen-bond acceptors (Lipinski definition) is 5. The summed E-state index contributed by atoms with van der Waals surface area (Å²) in [6.45, 7) is 1.55. The Hall–Kier alpha value is -3.44. The van der Waals surface area contributed by atoms with E-state index in [-0.39, 0.29) is 22.9 Å². The highest BCUT2D eigenvalue weighted by molar-refractivity contribution is 5.95. The molecule has 1 aromatic carbocycles. The van der Waals surface area contributed by atoms with Crippen LogP contribution >= 0.6 is 0 Å². The Morgan fingerprint density at radius 2 is 1.87 bits per heavy atom. The molecule has 31 heavy (non-hydrogen) atoms. The Bertz CT molecular complexity index is 1110. The number of hydrogen-bond donors (Lipinski definition) is 1. The van der Waals surface area contributed by atoms with Crippen LogP contribution in [0, 0.1) is 0 Å². The standard InChI is InChI=1S/C19H15F5N6O/c1-10(15-27-9-28-30(15)17-25-3-2-4-26-17)29-16(31)12-5-11(14-8-18(14,20)21)6-13(7-12)19(22,23)24/h2-7,9-10,14H,8H2,1H3,(H,29,31). The van der Waals surface area contributed by atoms with Crippen molar-refractivity contribution in [3.05, 3.63) is 65.5 Å². The minimum absolute atomic E-state index is 0.188. The molecule has 1 saturated carbocycles. The first-order chi connectivity index (χ1) is 14.6. The van der Waals surface area contributed by atoms with Gasteiger partial charge in [0.2, 0.25) is 0 Å². The van der Waals surface area contributed by atoms with Gasteiger partial charge in [0, 0.05) is 24.4 Å². The van der Waals surface area contributed by atoms with E-state index in [1.54, 1.807) is 13.0 Å². The highest BCUT2D eigenvalue weighted by Gasteiger charge is 2.58. The van der Waals surface area contributed by atoms with Gasteiger partial charge in [0.05, 0.1) is 17.5 Å². The van der Waals surface area contributed by atoms with Gasteiger partial charge in [-0.15, -0.1) is 0 Å². The normalized spacial score (nSPS) is 18.5. The number of aromatic nitrogens is 5. The molecule has 2 unspecified atom stereocenters. The molecule has 0 spiro atoms. The third-order valence-corrected chi connectivity index (χ3v) is 4.82. The molecule has 0 aliphatic heterocycles. The second kappa shape index (κ2) is 7.36. The maximum Gasteiger partial charge on any atom is 0.416 e. The van der Waals surface area contributed by atoms with Crippen molar-refractivity contribution in [3.8, 4) is 5.95 Å². The molecule has 3 aromatic rings. The number of halogens is 5. The third-order valence-electron chi connectivity index (χ3n) is 4.82. The van der Waals surface area contributed by atoms with Crippen LogP contribution in [0.2, 0.25) is 0 Å². The molecular weight excluding hydrogens is 423 g/mol. The van der Waals surface area contributed by atoms with E-state index in [2.05, 4.69) is 25.4 Å². The molecule has 2 atom stereocenters. The zero-order chi connectivity index (χ0) is 22.4. The van der Waals surface area contributed by atoms with E-state index in [1.807, 2.05) is 0 Å². The van der Waals surface area contributed by atoms with Crippen molar-refractivity contribution in [2.24, 2.45) is 0 Å². The van der Waals surface area contributed by atoms with Gasteiger partial charge in [0.1, 0.15) is 6.33 Å². The monoisotopic (exact) mass is 438 g/mol. The zero-order valence-corrected chi connectivity index (χ0v) is 15.9. The van der Waals surface area contributed by atoms with Crippen LogP contribution in [-0.2, 0) is 6.18 Å². The van der Waals surface area contributed by atoms with Crippen LogP contribution in [0.3, 0.4) is 0 Å². The number of amides is 1. The molecule has 1 aliphatic rings. The molecule has 1 N–H and O–H groups in total. The van der Waals surface area contributed by atoms with Crippen molar-refractivity contribution < 1.29 is 26.7 Å². The highest BCUT2D eigenvalue weighted by Crippen LogP contribution is 2.56. The Kier molecular flexibility index (Phi) is 4.94. The molecular formula is C19H15F5N6O. The number of benzene rings is 1. The van der Waals surface area contributed by atoms with Gasteiger partial charge in [-0.1, -0.05) is 0 Å². The van der Waals surface area contributed by atoms with Gasteiger partial charge in [-0.05, 0) is 36.8 Å². The van der Waals surface area contributed by atoms with Crippen molar-refractivity contribution in [2.75, 3.05) is 0 Å². The van der Waals surface area contributed by atoms with Gasteiger partial charge in [-0.2, -0.15) is 23.0 Å². The zero-order valence-electron chi connectivity index (χ0n) is 15.9. The Balaban J connectivity index is 1.61. The van der Waals surface area contributed by atoms with E-state index < -0.39 is 42.0 Å². The van der Waals surface area contributed by atoms with Gasteiger partial charge < -0.3 is 5.32 Å². The molecule has 2 aromatic heterocycles. The van der Waals surface area contributed by atoms with Gasteiger partial charge in [0.15, 0.2) is 5.82 Å². The van der Waals surface area contributed by atoms with Crippen molar-refractivity contribution in [1.82, 2.24) is 30.0 Å². The fraction of sp³-hybridized carbons (Fsp3) is 0.316. The summed E-state index contributed by atoms with van der Waals surface area (Å²) >= 11 is 0. The van der Waals surface area contributed by atoms with Gasteiger partial charge in [-0.3, -0.25) is 4.79 Å². The summed E-state index contributed by atoms with van der Waals surface area (Å²) in [5, 5.41) is 6.51. The Labute approximate surface area is 172 Å². The molecule has 12 heteroatoms. The minimum Gasteiger partial charge on any atom is -0.342 e. The molecule has 7 nitrogen and oxygen atoms in total. The number of nitrogens with one attached hydrogen (secondary N) is 1. The predicted molar refractivity (Wildman–Crippen MR) is 96.6 cm³/mol. The average Bonchev–Trinajstić information content (AvgIpc) is 3.13. The average molecular weight is 438 g/mol. The predicted octanol–water partition coefficient (Wildman–Crippen LogP) is 3.69. The summed E-state index contributed by atoms with van der Waals surface area (Å²) in [6.07, 6.45) is -1.16. The van der Waals surface area contributed by atoms with Crippen LogP contribution < -0.4 is 5.32 Å². The van der Waals surface area contributed by atoms with Crippen molar-refractivity contribution in [2.45, 2.75) is 37.4 Å². The molecule has 1 aliphatic carbocycles. The Morgan fingerprint density at radius 3 is 2.48 bits per heavy atom. The SMILES string of the molecule is CC(NC(=O)c1cc(C2CC2(F)F)cc(C(F)(F)F)c1)c1ncnn1-c1ncccn1. The summed E-state index contributed by atoms with van der Waals surface area (Å²) in [6, 6.07) is 3.17. The summed E-state index contributed by atoms with van der Waals surface area (Å²) in [4.78, 5) is 24.8. The van der Waals surface area contributed by atoms with Crippen LogP contribution in [0.15, 0.2) is 43.0 Å². The Morgan fingerprint density at radius 1 is 1.19 bits per heavy atom. The summed E-state index contributed by atoms with van der Waals surface area (Å²) in [5.41, 5.74) is -1.76. The highest BCUT2D eigenvalue weighted by atomic mass is 19.4. The largest absolute Gasteiger partial charge is 0.416 e. The number of rotatable bonds is 5. The van der Waals surface area contributed by atoms with E-state index in [9.17, 15) is 26.7 Å². The van der Waals surface area contributed by atoms with Crippen molar-refractivity contribution >= 4 is 5.91 Å². The summed E-state index contributed by atoms with van der Waals surface area (Å²) < 4.78 is 67.9. The quantitative estimate of drug-likeness (QED) is 0.615. The first-order valence-electron chi connectivity index (χ1n) is 9.14. The van der Waals surface area contributed by atoms with Crippen LogP contribution in [0.4, 0.5) is 22.0 Å². The maximum atomic E-state index is 13.4. The lowest BCUT2D eigenvalue weighted by Crippen LogP contribution is -2.29. The number of alkyl halides is 5. The van der Waals surface area contributed by atoms with Crippen LogP contribution in [0.25, 0.3) is 5.95 Å². The molecule has 0 saturated heterocycles. The second-order valence-corrected chi connectivity index (χ2v) is 7.13. The third kappa shape index (κ3) is 4.23. The topological polar surface area (TPSA) is 85.6 Å². The smallest absolute Gasteiger partial charge is 0.342 e.